The van der Waals surface area contributed by atoms with E-state index in [0.717, 1.165) is 10.9 Å². The zero-order chi connectivity index (χ0) is 23.7. The van der Waals surface area contributed by atoms with E-state index >= 15 is 0 Å². The molecule has 5 rings (SSSR count). The Morgan fingerprint density at radius 1 is 0.853 bits per heavy atom. The molecule has 0 spiro atoms. The molecule has 1 aliphatic rings. The molecular weight excluding hydrogens is 454 g/mol. The summed E-state index contributed by atoms with van der Waals surface area (Å²) >= 11 is 5.96. The van der Waals surface area contributed by atoms with Gasteiger partial charge in [-0.3, -0.25) is 14.4 Å². The molecule has 1 fully saturated rings. The van der Waals surface area contributed by atoms with E-state index in [4.69, 9.17) is 16.0 Å². The minimum absolute atomic E-state index is 0.0589. The molecule has 0 saturated carbocycles. The van der Waals surface area contributed by atoms with Crippen LogP contribution in [0.15, 0.2) is 77.5 Å². The first kappa shape index (κ1) is 22.0. The van der Waals surface area contributed by atoms with Crippen LogP contribution in [-0.4, -0.2) is 58.1 Å². The van der Waals surface area contributed by atoms with Crippen molar-refractivity contribution in [2.75, 3.05) is 26.2 Å². The third kappa shape index (κ3) is 4.22. The Kier molecular flexibility index (Phi) is 5.94. The van der Waals surface area contributed by atoms with Crippen molar-refractivity contribution in [2.45, 2.75) is 6.54 Å². The zero-order valence-electron chi connectivity index (χ0n) is 18.3. The molecule has 34 heavy (non-hydrogen) atoms. The Morgan fingerprint density at radius 3 is 2.26 bits per heavy atom. The predicted octanol–water partition coefficient (Wildman–Crippen LogP) is 4.10. The lowest BCUT2D eigenvalue weighted by atomic mass is 10.0. The second-order valence-corrected chi connectivity index (χ2v) is 8.61. The van der Waals surface area contributed by atoms with Crippen LogP contribution in [0.4, 0.5) is 0 Å². The SMILES string of the molecule is O=C(c1ccc(Cl)cc1)c1cn(CC(=O)N2CCN(C(=O)c3ccco3)CC2)c2ccccc12. The van der Waals surface area contributed by atoms with Crippen molar-refractivity contribution in [1.29, 1.82) is 0 Å². The van der Waals surface area contributed by atoms with E-state index in [-0.39, 0.29) is 24.1 Å². The molecule has 0 radical (unpaired) electrons. The molecule has 3 heterocycles. The normalized spacial score (nSPS) is 13.9. The molecule has 2 aromatic carbocycles. The van der Waals surface area contributed by atoms with Crippen LogP contribution >= 0.6 is 11.6 Å². The molecule has 1 aliphatic heterocycles. The Labute approximate surface area is 201 Å². The largest absolute Gasteiger partial charge is 0.459 e. The first-order valence-corrected chi connectivity index (χ1v) is 11.4. The number of carbonyl (C=O) groups excluding carboxylic acids is 3. The van der Waals surface area contributed by atoms with Crippen molar-refractivity contribution < 1.29 is 18.8 Å². The Balaban J connectivity index is 1.31. The summed E-state index contributed by atoms with van der Waals surface area (Å²) in [5.41, 5.74) is 1.90. The van der Waals surface area contributed by atoms with Gasteiger partial charge in [-0.15, -0.1) is 0 Å². The van der Waals surface area contributed by atoms with Crippen LogP contribution in [0, 0.1) is 0 Å². The maximum atomic E-state index is 13.2. The summed E-state index contributed by atoms with van der Waals surface area (Å²) in [6, 6.07) is 17.7. The predicted molar refractivity (Wildman–Crippen MR) is 128 cm³/mol. The van der Waals surface area contributed by atoms with Gasteiger partial charge in [-0.1, -0.05) is 29.8 Å². The van der Waals surface area contributed by atoms with Gasteiger partial charge in [0.15, 0.2) is 11.5 Å². The molecule has 0 atom stereocenters. The number of fused-ring (bicyclic) bond motifs is 1. The molecule has 1 saturated heterocycles. The van der Waals surface area contributed by atoms with Gasteiger partial charge in [0.05, 0.1) is 6.26 Å². The first-order valence-electron chi connectivity index (χ1n) is 11.0. The molecule has 2 aromatic heterocycles. The van der Waals surface area contributed by atoms with Gasteiger partial charge in [-0.05, 0) is 42.5 Å². The van der Waals surface area contributed by atoms with Gasteiger partial charge in [-0.25, -0.2) is 0 Å². The fourth-order valence-electron chi connectivity index (χ4n) is 4.28. The molecule has 0 aliphatic carbocycles. The average molecular weight is 476 g/mol. The summed E-state index contributed by atoms with van der Waals surface area (Å²) in [5, 5.41) is 1.36. The van der Waals surface area contributed by atoms with Crippen molar-refractivity contribution in [3.8, 4) is 0 Å². The number of nitrogens with zero attached hydrogens (tertiary/aromatic N) is 3. The number of benzene rings is 2. The molecule has 4 aromatic rings. The minimum atomic E-state index is -0.168. The topological polar surface area (TPSA) is 75.8 Å². The molecule has 0 bridgehead atoms. The van der Waals surface area contributed by atoms with E-state index in [9.17, 15) is 14.4 Å². The van der Waals surface area contributed by atoms with Gasteiger partial charge in [0.2, 0.25) is 5.91 Å². The number of piperazine rings is 1. The second-order valence-electron chi connectivity index (χ2n) is 8.17. The monoisotopic (exact) mass is 475 g/mol. The number of furan rings is 1. The molecular formula is C26H22ClN3O4. The third-order valence-electron chi connectivity index (χ3n) is 6.10. The summed E-state index contributed by atoms with van der Waals surface area (Å²) in [6.45, 7) is 1.89. The van der Waals surface area contributed by atoms with E-state index in [2.05, 4.69) is 0 Å². The molecule has 8 heteroatoms. The van der Waals surface area contributed by atoms with Crippen molar-refractivity contribution >= 4 is 40.1 Å². The van der Waals surface area contributed by atoms with E-state index in [1.807, 2.05) is 28.8 Å². The Hall–Kier alpha value is -3.84. The van der Waals surface area contributed by atoms with E-state index in [1.165, 1.54) is 6.26 Å². The average Bonchev–Trinajstić information content (AvgIpc) is 3.53. The Morgan fingerprint density at radius 2 is 1.56 bits per heavy atom. The minimum Gasteiger partial charge on any atom is -0.459 e. The molecule has 2 amide bonds. The van der Waals surface area contributed by atoms with Gasteiger partial charge < -0.3 is 18.8 Å². The van der Waals surface area contributed by atoms with Crippen LogP contribution in [0.25, 0.3) is 10.9 Å². The van der Waals surface area contributed by atoms with Gasteiger partial charge in [0.25, 0.3) is 5.91 Å². The maximum Gasteiger partial charge on any atom is 0.289 e. The number of hydrogen-bond acceptors (Lipinski definition) is 4. The quantitative estimate of drug-likeness (QED) is 0.407. The number of amides is 2. The molecule has 172 valence electrons. The maximum absolute atomic E-state index is 13.2. The number of halogens is 1. The fraction of sp³-hybridized carbons (Fsp3) is 0.192. The summed E-state index contributed by atoms with van der Waals surface area (Å²) in [6.07, 6.45) is 3.22. The first-order chi connectivity index (χ1) is 16.5. The highest BCUT2D eigenvalue weighted by Gasteiger charge is 2.27. The highest BCUT2D eigenvalue weighted by Crippen LogP contribution is 2.25. The number of carbonyl (C=O) groups is 3. The molecule has 0 unspecified atom stereocenters. The lowest BCUT2D eigenvalue weighted by molar-refractivity contribution is -0.133. The van der Waals surface area contributed by atoms with Crippen LogP contribution in [0.3, 0.4) is 0 Å². The van der Waals surface area contributed by atoms with Crippen LogP contribution < -0.4 is 0 Å². The van der Waals surface area contributed by atoms with Crippen molar-refractivity contribution in [3.63, 3.8) is 0 Å². The Bertz CT molecular complexity index is 1350. The van der Waals surface area contributed by atoms with Crippen molar-refractivity contribution in [1.82, 2.24) is 14.4 Å². The van der Waals surface area contributed by atoms with Gasteiger partial charge in [0, 0.05) is 59.4 Å². The van der Waals surface area contributed by atoms with Gasteiger partial charge in [0.1, 0.15) is 6.54 Å². The van der Waals surface area contributed by atoms with E-state index < -0.39 is 0 Å². The van der Waals surface area contributed by atoms with Crippen molar-refractivity contribution in [2.24, 2.45) is 0 Å². The number of aromatic nitrogens is 1. The van der Waals surface area contributed by atoms with Crippen LogP contribution in [0.2, 0.25) is 5.02 Å². The molecule has 7 nitrogen and oxygen atoms in total. The number of rotatable bonds is 5. The van der Waals surface area contributed by atoms with E-state index in [0.29, 0.717) is 48.1 Å². The van der Waals surface area contributed by atoms with E-state index in [1.54, 1.807) is 52.4 Å². The summed E-state index contributed by atoms with van der Waals surface area (Å²) < 4.78 is 7.01. The number of para-hydroxylation sites is 1. The van der Waals surface area contributed by atoms with Gasteiger partial charge >= 0.3 is 0 Å². The number of ketones is 1. The third-order valence-corrected chi connectivity index (χ3v) is 6.35. The van der Waals surface area contributed by atoms with Crippen LogP contribution in [-0.2, 0) is 11.3 Å². The summed E-state index contributed by atoms with van der Waals surface area (Å²) in [4.78, 5) is 42.2. The van der Waals surface area contributed by atoms with Crippen LogP contribution in [0.5, 0.6) is 0 Å². The van der Waals surface area contributed by atoms with Gasteiger partial charge in [-0.2, -0.15) is 0 Å². The standard InChI is InChI=1S/C26H22ClN3O4/c27-19-9-7-18(8-10-19)25(32)21-16-30(22-5-2-1-4-20(21)22)17-24(31)28-11-13-29(14-12-28)26(33)23-6-3-15-34-23/h1-10,15-16H,11-14,17H2. The number of hydrogen-bond donors (Lipinski definition) is 0. The fourth-order valence-corrected chi connectivity index (χ4v) is 4.40. The highest BCUT2D eigenvalue weighted by molar-refractivity contribution is 6.30. The van der Waals surface area contributed by atoms with Crippen molar-refractivity contribution in [3.05, 3.63) is 95.0 Å². The highest BCUT2D eigenvalue weighted by atomic mass is 35.5. The molecule has 0 N–H and O–H groups in total. The lowest BCUT2D eigenvalue weighted by Gasteiger charge is -2.34. The summed E-state index contributed by atoms with van der Waals surface area (Å²) in [7, 11) is 0. The second kappa shape index (κ2) is 9.19. The lowest BCUT2D eigenvalue weighted by Crippen LogP contribution is -2.51. The summed E-state index contributed by atoms with van der Waals surface area (Å²) in [5.74, 6) is -0.0456. The van der Waals surface area contributed by atoms with Crippen LogP contribution in [0.1, 0.15) is 26.5 Å². The smallest absolute Gasteiger partial charge is 0.289 e. The zero-order valence-corrected chi connectivity index (χ0v) is 19.1.